The Bertz CT molecular complexity index is 1040. The van der Waals surface area contributed by atoms with Gasteiger partial charge in [-0.25, -0.2) is 13.8 Å². The minimum atomic E-state index is -0.733. The Morgan fingerprint density at radius 1 is 1.19 bits per heavy atom. The summed E-state index contributed by atoms with van der Waals surface area (Å²) < 4.78 is 27.4. The molecule has 0 saturated heterocycles. The monoisotopic (exact) mass is 368 g/mol. The van der Waals surface area contributed by atoms with Gasteiger partial charge in [-0.1, -0.05) is 18.2 Å². The first-order chi connectivity index (χ1) is 12.8. The molecule has 0 aliphatic carbocycles. The van der Waals surface area contributed by atoms with Crippen molar-refractivity contribution in [3.63, 3.8) is 0 Å². The molecule has 0 aliphatic rings. The summed E-state index contributed by atoms with van der Waals surface area (Å²) in [5.41, 5.74) is 7.45. The van der Waals surface area contributed by atoms with E-state index in [4.69, 9.17) is 11.1 Å². The Balaban J connectivity index is 1.98. The molecule has 1 aromatic heterocycles. The van der Waals surface area contributed by atoms with Crippen LogP contribution in [0.5, 0.6) is 0 Å². The van der Waals surface area contributed by atoms with Crippen LogP contribution >= 0.6 is 0 Å². The molecule has 0 bridgehead atoms. The summed E-state index contributed by atoms with van der Waals surface area (Å²) in [6.07, 6.45) is 0.107. The number of nitrogen functional groups attached to an aromatic ring is 1. The Morgan fingerprint density at radius 3 is 2.52 bits per heavy atom. The third-order valence-corrected chi connectivity index (χ3v) is 4.26. The maximum absolute atomic E-state index is 14.2. The number of halogens is 2. The fourth-order valence-corrected chi connectivity index (χ4v) is 2.88. The summed E-state index contributed by atoms with van der Waals surface area (Å²) in [4.78, 5) is 19.1. The predicted octanol–water partition coefficient (Wildman–Crippen LogP) is 3.66. The third kappa shape index (κ3) is 4.25. The van der Waals surface area contributed by atoms with E-state index in [1.807, 2.05) is 0 Å². The molecule has 0 amide bonds. The van der Waals surface area contributed by atoms with Crippen molar-refractivity contribution in [1.82, 2.24) is 9.97 Å². The molecule has 2 aromatic carbocycles. The van der Waals surface area contributed by atoms with E-state index in [1.165, 1.54) is 19.1 Å². The molecule has 1 atom stereocenters. The van der Waals surface area contributed by atoms with E-state index in [0.29, 0.717) is 22.8 Å². The predicted molar refractivity (Wildman–Crippen MR) is 101 cm³/mol. The van der Waals surface area contributed by atoms with E-state index in [1.54, 1.807) is 24.3 Å². The second kappa shape index (κ2) is 7.49. The van der Waals surface area contributed by atoms with E-state index < -0.39 is 17.6 Å². The van der Waals surface area contributed by atoms with Crippen molar-refractivity contribution in [1.29, 1.82) is 5.41 Å². The minimum absolute atomic E-state index is 0.107. The molecule has 0 spiro atoms. The quantitative estimate of drug-likeness (QED) is 0.474. The van der Waals surface area contributed by atoms with Gasteiger partial charge in [0.25, 0.3) is 5.56 Å². The van der Waals surface area contributed by atoms with Crippen molar-refractivity contribution < 1.29 is 8.78 Å². The molecule has 4 N–H and O–H groups in total. The van der Waals surface area contributed by atoms with Crippen LogP contribution in [0.25, 0.3) is 11.3 Å². The van der Waals surface area contributed by atoms with Gasteiger partial charge in [0.1, 0.15) is 17.5 Å². The maximum Gasteiger partial charge on any atom is 0.251 e. The zero-order chi connectivity index (χ0) is 19.6. The normalized spacial score (nSPS) is 12.0. The van der Waals surface area contributed by atoms with E-state index in [0.717, 1.165) is 12.1 Å². The Hall–Kier alpha value is -3.35. The highest BCUT2D eigenvalue weighted by Gasteiger charge is 2.20. The van der Waals surface area contributed by atoms with Gasteiger partial charge in [0.05, 0.1) is 5.69 Å². The summed E-state index contributed by atoms with van der Waals surface area (Å²) in [5, 5.41) is 7.99. The Labute approximate surface area is 154 Å². The number of anilines is 1. The lowest BCUT2D eigenvalue weighted by Gasteiger charge is -2.17. The molecule has 1 unspecified atom stereocenters. The molecule has 0 fully saturated rings. The topological polar surface area (TPSA) is 95.6 Å². The summed E-state index contributed by atoms with van der Waals surface area (Å²) in [7, 11) is 0. The summed E-state index contributed by atoms with van der Waals surface area (Å²) in [6.45, 7) is 1.54. The highest BCUT2D eigenvalue weighted by atomic mass is 19.1. The Kier molecular flexibility index (Phi) is 5.12. The summed E-state index contributed by atoms with van der Waals surface area (Å²) in [5.74, 6) is -1.77. The molecular weight excluding hydrogens is 350 g/mol. The van der Waals surface area contributed by atoms with Gasteiger partial charge in [0.15, 0.2) is 0 Å². The first-order valence-corrected chi connectivity index (χ1v) is 8.29. The SMILES string of the molecule is CC(=N)C(Cc1nc(-c2ccc(N)cc2)cc(=O)[nH]1)c1ccc(F)cc1F. The highest BCUT2D eigenvalue weighted by Crippen LogP contribution is 2.25. The van der Waals surface area contributed by atoms with Gasteiger partial charge in [-0.05, 0) is 30.7 Å². The molecule has 5 nitrogen and oxygen atoms in total. The standard InChI is InChI=1S/C20H18F2N4O/c1-11(23)16(15-7-4-13(21)8-17(15)22)9-19-25-18(10-20(27)26-19)12-2-5-14(24)6-3-12/h2-8,10,16,23H,9,24H2,1H3,(H,25,26,27). The summed E-state index contributed by atoms with van der Waals surface area (Å²) in [6, 6.07) is 11.5. The van der Waals surface area contributed by atoms with E-state index >= 15 is 0 Å². The second-order valence-corrected chi connectivity index (χ2v) is 6.30. The number of hydrogen-bond acceptors (Lipinski definition) is 4. The molecular formula is C20H18F2N4O. The zero-order valence-corrected chi connectivity index (χ0v) is 14.6. The summed E-state index contributed by atoms with van der Waals surface area (Å²) >= 11 is 0. The number of hydrogen-bond donors (Lipinski definition) is 3. The second-order valence-electron chi connectivity index (χ2n) is 6.30. The van der Waals surface area contributed by atoms with Crippen LogP contribution in [0, 0.1) is 17.0 Å². The molecule has 138 valence electrons. The van der Waals surface area contributed by atoms with Gasteiger partial charge in [-0.3, -0.25) is 4.79 Å². The molecule has 7 heteroatoms. The maximum atomic E-state index is 14.2. The van der Waals surface area contributed by atoms with Crippen molar-refractivity contribution in [2.24, 2.45) is 0 Å². The Morgan fingerprint density at radius 2 is 1.89 bits per heavy atom. The van der Waals surface area contributed by atoms with Crippen molar-refractivity contribution >= 4 is 11.4 Å². The van der Waals surface area contributed by atoms with Crippen LogP contribution in [0.3, 0.4) is 0 Å². The fraction of sp³-hybridized carbons (Fsp3) is 0.150. The third-order valence-electron chi connectivity index (χ3n) is 4.26. The van der Waals surface area contributed by atoms with Crippen LogP contribution in [0.1, 0.15) is 24.2 Å². The highest BCUT2D eigenvalue weighted by molar-refractivity contribution is 5.86. The van der Waals surface area contributed by atoms with Crippen LogP contribution < -0.4 is 11.3 Å². The molecule has 3 rings (SSSR count). The molecule has 0 saturated carbocycles. The van der Waals surface area contributed by atoms with Crippen LogP contribution in [0.4, 0.5) is 14.5 Å². The van der Waals surface area contributed by atoms with Gasteiger partial charge in [0, 0.05) is 41.4 Å². The lowest BCUT2D eigenvalue weighted by atomic mass is 9.91. The van der Waals surface area contributed by atoms with E-state index in [-0.39, 0.29) is 23.3 Å². The number of aromatic amines is 1. The van der Waals surface area contributed by atoms with Crippen LogP contribution in [-0.2, 0) is 6.42 Å². The number of nitrogens with two attached hydrogens (primary N) is 1. The minimum Gasteiger partial charge on any atom is -0.399 e. The van der Waals surface area contributed by atoms with E-state index in [9.17, 15) is 13.6 Å². The molecule has 1 heterocycles. The molecule has 3 aromatic rings. The largest absolute Gasteiger partial charge is 0.399 e. The number of nitrogens with one attached hydrogen (secondary N) is 2. The lowest BCUT2D eigenvalue weighted by Crippen LogP contribution is -2.18. The van der Waals surface area contributed by atoms with Gasteiger partial charge < -0.3 is 16.1 Å². The van der Waals surface area contributed by atoms with Crippen LogP contribution in [0.15, 0.2) is 53.3 Å². The number of rotatable bonds is 5. The number of aromatic nitrogens is 2. The van der Waals surface area contributed by atoms with Crippen molar-refractivity contribution in [3.8, 4) is 11.3 Å². The van der Waals surface area contributed by atoms with Crippen LogP contribution in [-0.4, -0.2) is 15.7 Å². The van der Waals surface area contributed by atoms with Gasteiger partial charge in [0.2, 0.25) is 0 Å². The average molecular weight is 368 g/mol. The first kappa shape index (κ1) is 18.4. The van der Waals surface area contributed by atoms with Crippen molar-refractivity contribution in [2.75, 3.05) is 5.73 Å². The molecule has 0 radical (unpaired) electrons. The van der Waals surface area contributed by atoms with Crippen molar-refractivity contribution in [3.05, 3.63) is 81.9 Å². The van der Waals surface area contributed by atoms with Gasteiger partial charge >= 0.3 is 0 Å². The lowest BCUT2D eigenvalue weighted by molar-refractivity contribution is 0.566. The van der Waals surface area contributed by atoms with Crippen molar-refractivity contribution in [2.45, 2.75) is 19.3 Å². The number of H-pyrrole nitrogens is 1. The fourth-order valence-electron chi connectivity index (χ4n) is 2.88. The molecule has 27 heavy (non-hydrogen) atoms. The van der Waals surface area contributed by atoms with Gasteiger partial charge in [-0.15, -0.1) is 0 Å². The number of nitrogens with zero attached hydrogens (tertiary/aromatic N) is 1. The zero-order valence-electron chi connectivity index (χ0n) is 14.6. The average Bonchev–Trinajstić information content (AvgIpc) is 2.60. The number of benzene rings is 2. The smallest absolute Gasteiger partial charge is 0.251 e. The van der Waals surface area contributed by atoms with E-state index in [2.05, 4.69) is 9.97 Å². The van der Waals surface area contributed by atoms with Crippen LogP contribution in [0.2, 0.25) is 0 Å². The first-order valence-electron chi connectivity index (χ1n) is 8.29. The van der Waals surface area contributed by atoms with Gasteiger partial charge in [-0.2, -0.15) is 0 Å². The molecule has 0 aliphatic heterocycles.